The predicted molar refractivity (Wildman–Crippen MR) is 118 cm³/mol. The number of rotatable bonds is 9. The van der Waals surface area contributed by atoms with Gasteiger partial charge in [0.05, 0.1) is 18.9 Å². The Labute approximate surface area is 187 Å². The van der Waals surface area contributed by atoms with Gasteiger partial charge in [-0.3, -0.25) is 4.79 Å². The molecule has 168 valence electrons. The van der Waals surface area contributed by atoms with Crippen molar-refractivity contribution in [3.05, 3.63) is 51.8 Å². The maximum Gasteiger partial charge on any atom is 0.361 e. The number of hydrogen-bond acceptors (Lipinski definition) is 6. The summed E-state index contributed by atoms with van der Waals surface area (Å²) in [6.45, 7) is 5.89. The van der Waals surface area contributed by atoms with Gasteiger partial charge in [-0.2, -0.15) is 0 Å². The first-order valence-corrected chi connectivity index (χ1v) is 10.5. The molecule has 0 aliphatic carbocycles. The van der Waals surface area contributed by atoms with Crippen molar-refractivity contribution in [2.24, 2.45) is 5.41 Å². The number of pyridine rings is 1. The molecule has 0 amide bonds. The fraction of sp³-hybridized carbons (Fsp3) is 0.478. The summed E-state index contributed by atoms with van der Waals surface area (Å²) < 4.78 is 22.6. The third kappa shape index (κ3) is 4.95. The molecular formula is C23H28ClNO6. The summed E-state index contributed by atoms with van der Waals surface area (Å²) in [6.07, 6.45) is 3.03. The molecule has 0 fully saturated rings. The summed E-state index contributed by atoms with van der Waals surface area (Å²) >= 11 is 5.24. The first-order valence-electron chi connectivity index (χ1n) is 10.2. The Morgan fingerprint density at radius 3 is 2.65 bits per heavy atom. The smallest absolute Gasteiger partial charge is 0.361 e. The molecule has 0 bridgehead atoms. The van der Waals surface area contributed by atoms with Gasteiger partial charge in [-0.1, -0.05) is 13.8 Å². The summed E-state index contributed by atoms with van der Waals surface area (Å²) in [5.41, 5.74) is 1.92. The molecule has 1 aliphatic rings. The third-order valence-electron chi connectivity index (χ3n) is 5.65. The molecule has 1 atom stereocenters. The maximum atomic E-state index is 12.6. The summed E-state index contributed by atoms with van der Waals surface area (Å²) in [6, 6.07) is 7.26. The molecule has 2 heterocycles. The number of methoxy groups -OCH3 is 2. The van der Waals surface area contributed by atoms with Crippen LogP contribution in [0, 0.1) is 5.41 Å². The van der Waals surface area contributed by atoms with Crippen LogP contribution in [-0.2, 0) is 20.2 Å². The Kier molecular flexibility index (Phi) is 7.41. The van der Waals surface area contributed by atoms with Crippen molar-refractivity contribution >= 4 is 17.8 Å². The molecule has 0 N–H and O–H groups in total. The second-order valence-corrected chi connectivity index (χ2v) is 8.52. The van der Waals surface area contributed by atoms with Crippen LogP contribution in [0.5, 0.6) is 5.75 Å². The van der Waals surface area contributed by atoms with Crippen LogP contribution >= 0.6 is 11.9 Å². The van der Waals surface area contributed by atoms with Crippen molar-refractivity contribution in [3.8, 4) is 17.0 Å². The topological polar surface area (TPSA) is 76.0 Å². The molecule has 0 saturated heterocycles. The van der Waals surface area contributed by atoms with Crippen LogP contribution in [0.3, 0.4) is 0 Å². The standard InChI is InChI=1S/C23H28ClNO6/c1-23(2,14-29-4)21-11-15-10-16(30-9-5-8-28-3)6-7-17(15)19-12-20(26)18(13-25(19)21)22(27)31-24/h6-7,10,12-13,21H,5,8-9,11,14H2,1-4H3. The van der Waals surface area contributed by atoms with E-state index >= 15 is 0 Å². The van der Waals surface area contributed by atoms with Crippen molar-refractivity contribution in [2.45, 2.75) is 32.7 Å². The normalized spacial score (nSPS) is 15.2. The van der Waals surface area contributed by atoms with Gasteiger partial charge in [0.25, 0.3) is 0 Å². The van der Waals surface area contributed by atoms with Crippen LogP contribution in [0.2, 0.25) is 0 Å². The number of carbonyl (C=O) groups is 1. The largest absolute Gasteiger partial charge is 0.493 e. The number of carbonyl (C=O) groups excluding carboxylic acids is 1. The van der Waals surface area contributed by atoms with E-state index < -0.39 is 11.4 Å². The Hall–Kier alpha value is -2.35. The lowest BCUT2D eigenvalue weighted by Crippen LogP contribution is -2.37. The van der Waals surface area contributed by atoms with E-state index in [0.29, 0.717) is 26.2 Å². The van der Waals surface area contributed by atoms with Gasteiger partial charge in [0.1, 0.15) is 23.2 Å². The fourth-order valence-corrected chi connectivity index (χ4v) is 4.20. The number of halogens is 1. The number of aromatic nitrogens is 1. The monoisotopic (exact) mass is 449 g/mol. The van der Waals surface area contributed by atoms with Gasteiger partial charge in [-0.25, -0.2) is 4.79 Å². The van der Waals surface area contributed by atoms with Crippen LogP contribution in [0.4, 0.5) is 0 Å². The molecule has 7 nitrogen and oxygen atoms in total. The molecule has 0 spiro atoms. The summed E-state index contributed by atoms with van der Waals surface area (Å²) in [5.74, 6) is -0.0906. The Morgan fingerprint density at radius 1 is 1.19 bits per heavy atom. The highest BCUT2D eigenvalue weighted by molar-refractivity contribution is 6.15. The summed E-state index contributed by atoms with van der Waals surface area (Å²) in [5, 5.41) is 0. The lowest BCUT2D eigenvalue weighted by molar-refractivity contribution is 0.0619. The van der Waals surface area contributed by atoms with Crippen LogP contribution in [-0.4, -0.2) is 44.6 Å². The number of hydrogen-bond donors (Lipinski definition) is 0. The van der Waals surface area contributed by atoms with Gasteiger partial charge >= 0.3 is 5.97 Å². The second-order valence-electron chi connectivity index (χ2n) is 8.36. The highest BCUT2D eigenvalue weighted by atomic mass is 35.5. The fourth-order valence-electron chi connectivity index (χ4n) is 4.12. The van der Waals surface area contributed by atoms with Gasteiger partial charge in [0, 0.05) is 56.5 Å². The van der Waals surface area contributed by atoms with Crippen LogP contribution in [0.1, 0.15) is 42.2 Å². The van der Waals surface area contributed by atoms with Crippen molar-refractivity contribution in [1.29, 1.82) is 0 Å². The van der Waals surface area contributed by atoms with E-state index in [1.54, 1.807) is 20.4 Å². The van der Waals surface area contributed by atoms with Gasteiger partial charge < -0.3 is 23.1 Å². The van der Waals surface area contributed by atoms with E-state index in [4.69, 9.17) is 26.1 Å². The zero-order valence-corrected chi connectivity index (χ0v) is 19.0. The average molecular weight is 450 g/mol. The Morgan fingerprint density at radius 2 is 1.97 bits per heavy atom. The highest BCUT2D eigenvalue weighted by Gasteiger charge is 2.36. The van der Waals surface area contributed by atoms with Gasteiger partial charge in [-0.15, -0.1) is 0 Å². The van der Waals surface area contributed by atoms with Crippen LogP contribution in [0.15, 0.2) is 35.3 Å². The molecule has 1 aromatic heterocycles. The lowest BCUT2D eigenvalue weighted by Gasteiger charge is -2.40. The van der Waals surface area contributed by atoms with E-state index in [1.165, 1.54) is 6.07 Å². The summed E-state index contributed by atoms with van der Waals surface area (Å²) in [7, 11) is 3.32. The SMILES string of the molecule is COCCCOc1ccc2c(c1)CC(C(C)(C)COC)n1cc(C(=O)OCl)c(=O)cc1-2. The minimum Gasteiger partial charge on any atom is -0.493 e. The van der Waals surface area contributed by atoms with E-state index in [1.807, 2.05) is 22.8 Å². The number of nitrogens with zero attached hydrogens (tertiary/aromatic N) is 1. The highest BCUT2D eigenvalue weighted by Crippen LogP contribution is 2.43. The van der Waals surface area contributed by atoms with E-state index in [-0.39, 0.29) is 17.0 Å². The second kappa shape index (κ2) is 9.85. The van der Waals surface area contributed by atoms with Crippen LogP contribution < -0.4 is 10.2 Å². The number of ether oxygens (including phenoxy) is 3. The predicted octanol–water partition coefficient (Wildman–Crippen LogP) is 4.01. The van der Waals surface area contributed by atoms with Crippen molar-refractivity contribution in [1.82, 2.24) is 4.57 Å². The van der Waals surface area contributed by atoms with Crippen molar-refractivity contribution in [3.63, 3.8) is 0 Å². The van der Waals surface area contributed by atoms with Crippen molar-refractivity contribution < 1.29 is 23.3 Å². The molecule has 2 aromatic rings. The minimum atomic E-state index is -0.865. The van der Waals surface area contributed by atoms with Gasteiger partial charge in [0.2, 0.25) is 0 Å². The zero-order valence-electron chi connectivity index (χ0n) is 18.3. The quantitative estimate of drug-likeness (QED) is 0.538. The molecule has 3 rings (SSSR count). The van der Waals surface area contributed by atoms with E-state index in [2.05, 4.69) is 18.1 Å². The van der Waals surface area contributed by atoms with Gasteiger partial charge in [0.15, 0.2) is 5.43 Å². The molecular weight excluding hydrogens is 422 g/mol. The number of fused-ring (bicyclic) bond motifs is 3. The zero-order chi connectivity index (χ0) is 22.6. The van der Waals surface area contributed by atoms with Crippen LogP contribution in [0.25, 0.3) is 11.3 Å². The molecule has 1 aliphatic heterocycles. The van der Waals surface area contributed by atoms with E-state index in [9.17, 15) is 9.59 Å². The molecule has 31 heavy (non-hydrogen) atoms. The molecule has 0 radical (unpaired) electrons. The first-order chi connectivity index (χ1) is 14.8. The lowest BCUT2D eigenvalue weighted by atomic mass is 9.78. The molecule has 1 unspecified atom stereocenters. The van der Waals surface area contributed by atoms with Gasteiger partial charge in [-0.05, 0) is 30.2 Å². The van der Waals surface area contributed by atoms with E-state index in [0.717, 1.165) is 29.0 Å². The number of benzene rings is 1. The molecule has 0 saturated carbocycles. The summed E-state index contributed by atoms with van der Waals surface area (Å²) in [4.78, 5) is 24.6. The molecule has 1 aromatic carbocycles. The Bertz CT molecular complexity index is 1000. The third-order valence-corrected chi connectivity index (χ3v) is 5.79. The van der Waals surface area contributed by atoms with Crippen molar-refractivity contribution in [2.75, 3.05) is 34.0 Å². The maximum absolute atomic E-state index is 12.6. The Balaban J connectivity index is 2.07. The first kappa shape index (κ1) is 23.3. The average Bonchev–Trinajstić information content (AvgIpc) is 2.75. The minimum absolute atomic E-state index is 0.0684. The molecule has 8 heteroatoms.